The molecule has 0 heteroatoms. The van der Waals surface area contributed by atoms with Crippen LogP contribution in [0.15, 0.2) is 30.3 Å². The first-order valence-corrected chi connectivity index (χ1v) is 22.8. The van der Waals surface area contributed by atoms with Crippen LogP contribution in [0, 0.1) is 23.2 Å². The Hall–Kier alpha value is -0.780. The molecule has 0 saturated heterocycles. The highest BCUT2D eigenvalue weighted by Gasteiger charge is 2.15. The molecule has 0 N–H and O–H groups in total. The van der Waals surface area contributed by atoms with E-state index in [1.165, 1.54) is 205 Å². The van der Waals surface area contributed by atoms with Crippen LogP contribution in [0.1, 0.15) is 254 Å². The van der Waals surface area contributed by atoms with E-state index in [2.05, 4.69) is 85.7 Å². The fourth-order valence-corrected chi connectivity index (χ4v) is 8.02. The van der Waals surface area contributed by atoms with Crippen LogP contribution >= 0.6 is 0 Å². The van der Waals surface area contributed by atoms with Crippen molar-refractivity contribution >= 4 is 0 Å². The van der Waals surface area contributed by atoms with Crippen molar-refractivity contribution in [3.05, 3.63) is 35.9 Å². The first-order chi connectivity index (χ1) is 23.8. The molecule has 2 saturated carbocycles. The van der Waals surface area contributed by atoms with Gasteiger partial charge in [-0.2, -0.15) is 0 Å². The topological polar surface area (TPSA) is 0 Å². The van der Waals surface area contributed by atoms with Gasteiger partial charge >= 0.3 is 0 Å². The van der Waals surface area contributed by atoms with Crippen molar-refractivity contribution < 1.29 is 0 Å². The van der Waals surface area contributed by atoms with Crippen LogP contribution < -0.4 is 0 Å². The van der Waals surface area contributed by atoms with Crippen molar-refractivity contribution in [2.24, 2.45) is 23.2 Å². The van der Waals surface area contributed by atoms with Gasteiger partial charge in [0.2, 0.25) is 0 Å². The zero-order valence-electron chi connectivity index (χ0n) is 35.5. The van der Waals surface area contributed by atoms with E-state index in [1.54, 1.807) is 0 Å². The number of rotatable bonds is 21. The predicted molar refractivity (Wildman–Crippen MR) is 227 cm³/mol. The van der Waals surface area contributed by atoms with Gasteiger partial charge in [-0.15, -0.1) is 0 Å². The molecular weight excluding hydrogens is 589 g/mol. The Morgan fingerprint density at radius 1 is 0.510 bits per heavy atom. The van der Waals surface area contributed by atoms with E-state index < -0.39 is 0 Å². The quantitative estimate of drug-likeness (QED) is 0.113. The van der Waals surface area contributed by atoms with Gasteiger partial charge in [0.15, 0.2) is 0 Å². The average Bonchev–Trinajstić information content (AvgIpc) is 3.12. The molecule has 3 rings (SSSR count). The fourth-order valence-electron chi connectivity index (χ4n) is 8.02. The third kappa shape index (κ3) is 34.1. The molecule has 1 aromatic carbocycles. The van der Waals surface area contributed by atoms with Gasteiger partial charge in [-0.25, -0.2) is 0 Å². The van der Waals surface area contributed by atoms with E-state index in [0.717, 1.165) is 17.8 Å². The molecular formula is C49H94. The number of aryl methyl sites for hydroxylation is 1. The Bertz CT molecular complexity index is 718. The predicted octanol–water partition coefficient (Wildman–Crippen LogP) is 17.9. The van der Waals surface area contributed by atoms with E-state index >= 15 is 0 Å². The van der Waals surface area contributed by atoms with Crippen molar-refractivity contribution in [3.63, 3.8) is 0 Å². The van der Waals surface area contributed by atoms with Crippen LogP contribution in [0.3, 0.4) is 0 Å². The van der Waals surface area contributed by atoms with Crippen LogP contribution in [0.25, 0.3) is 0 Å². The Kier molecular flexibility index (Phi) is 35.0. The van der Waals surface area contributed by atoms with Crippen LogP contribution in [0.5, 0.6) is 0 Å². The maximum Gasteiger partial charge on any atom is -0.0279 e. The third-order valence-electron chi connectivity index (χ3n) is 11.3. The molecule has 0 bridgehead atoms. The van der Waals surface area contributed by atoms with Gasteiger partial charge in [0.05, 0.1) is 0 Å². The summed E-state index contributed by atoms with van der Waals surface area (Å²) in [4.78, 5) is 0. The molecule has 0 nitrogen and oxygen atoms in total. The standard InChI is InChI=1S/C19H30.C19H40.C6H12.C5H12/c1(2-6-12-18-14-8-4-9-15-18)3-7-13-19-16-10-5-11-17-19;1-7-11-17(9-3)14-15-18(12-8-2)13-10-16-19(4,5)6;1-2-4-6-5-3-1;1-3-5-4-2/h4,8-9,14-15,19H,1-3,5-7,10-13,16-17H2;17-18H,7-16H2,1-6H3;1-6H2;3-5H2,1-2H3. The molecule has 0 aliphatic heterocycles. The highest BCUT2D eigenvalue weighted by molar-refractivity contribution is 5.14. The van der Waals surface area contributed by atoms with E-state index in [0.29, 0.717) is 5.41 Å². The minimum absolute atomic E-state index is 0.519. The molecule has 49 heavy (non-hydrogen) atoms. The Morgan fingerprint density at radius 3 is 1.53 bits per heavy atom. The zero-order chi connectivity index (χ0) is 36.3. The smallest absolute Gasteiger partial charge is 0.0279 e. The summed E-state index contributed by atoms with van der Waals surface area (Å²) in [6, 6.07) is 10.9. The molecule has 0 spiro atoms. The van der Waals surface area contributed by atoms with Gasteiger partial charge < -0.3 is 0 Å². The van der Waals surface area contributed by atoms with Crippen LogP contribution in [0.4, 0.5) is 0 Å². The number of unbranched alkanes of at least 4 members (excludes halogenated alkanes) is 6. The summed E-state index contributed by atoms with van der Waals surface area (Å²) in [5.41, 5.74) is 2.02. The second-order valence-electron chi connectivity index (χ2n) is 17.5. The van der Waals surface area contributed by atoms with Crippen molar-refractivity contribution in [2.45, 2.75) is 254 Å². The lowest BCUT2D eigenvalue weighted by Crippen LogP contribution is -2.09. The Balaban J connectivity index is 0.000000719. The fraction of sp³-hybridized carbons (Fsp3) is 0.878. The molecule has 1 aromatic rings. The minimum Gasteiger partial charge on any atom is -0.0654 e. The van der Waals surface area contributed by atoms with E-state index in [-0.39, 0.29) is 0 Å². The lowest BCUT2D eigenvalue weighted by Gasteiger charge is -2.22. The SMILES string of the molecule is C1CCCCC1.CCCC(CC)CCC(CCC)CCCC(C)(C)C.CCCCC.c1ccc(CCCCCCCC2CCCCC2)cc1. The molecule has 290 valence electrons. The number of hydrogen-bond donors (Lipinski definition) is 0. The monoisotopic (exact) mass is 683 g/mol. The van der Waals surface area contributed by atoms with Crippen LogP contribution in [-0.2, 0) is 6.42 Å². The minimum atomic E-state index is 0.519. The van der Waals surface area contributed by atoms with Gasteiger partial charge in [0.1, 0.15) is 0 Å². The van der Waals surface area contributed by atoms with Crippen molar-refractivity contribution in [1.82, 2.24) is 0 Å². The van der Waals surface area contributed by atoms with E-state index in [1.807, 2.05) is 0 Å². The molecule has 0 radical (unpaired) electrons. The van der Waals surface area contributed by atoms with Gasteiger partial charge in [-0.3, -0.25) is 0 Å². The van der Waals surface area contributed by atoms with Gasteiger partial charge in [0.25, 0.3) is 0 Å². The summed E-state index contributed by atoms with van der Waals surface area (Å²) >= 11 is 0. The van der Waals surface area contributed by atoms with E-state index in [4.69, 9.17) is 0 Å². The second kappa shape index (κ2) is 35.6. The molecule has 2 aliphatic rings. The van der Waals surface area contributed by atoms with Crippen molar-refractivity contribution in [3.8, 4) is 0 Å². The lowest BCUT2D eigenvalue weighted by atomic mass is 9.83. The number of hydrogen-bond acceptors (Lipinski definition) is 0. The summed E-state index contributed by atoms with van der Waals surface area (Å²) in [5, 5.41) is 0. The van der Waals surface area contributed by atoms with Crippen molar-refractivity contribution in [2.75, 3.05) is 0 Å². The molecule has 2 unspecified atom stereocenters. The first kappa shape index (κ1) is 48.2. The van der Waals surface area contributed by atoms with Gasteiger partial charge in [-0.1, -0.05) is 266 Å². The highest BCUT2D eigenvalue weighted by Crippen LogP contribution is 2.30. The normalized spacial score (nSPS) is 16.2. The second-order valence-corrected chi connectivity index (χ2v) is 17.5. The van der Waals surface area contributed by atoms with E-state index in [9.17, 15) is 0 Å². The molecule has 2 fully saturated rings. The van der Waals surface area contributed by atoms with Gasteiger partial charge in [0, 0.05) is 0 Å². The highest BCUT2D eigenvalue weighted by atomic mass is 14.2. The number of benzene rings is 1. The third-order valence-corrected chi connectivity index (χ3v) is 11.3. The summed E-state index contributed by atoms with van der Waals surface area (Å²) in [5.74, 6) is 3.07. The average molecular weight is 683 g/mol. The molecule has 2 atom stereocenters. The van der Waals surface area contributed by atoms with Crippen LogP contribution in [0.2, 0.25) is 0 Å². The van der Waals surface area contributed by atoms with Crippen molar-refractivity contribution in [1.29, 1.82) is 0 Å². The molecule has 0 aromatic heterocycles. The Morgan fingerprint density at radius 2 is 1.02 bits per heavy atom. The maximum absolute atomic E-state index is 2.37. The van der Waals surface area contributed by atoms with Crippen LogP contribution in [-0.4, -0.2) is 0 Å². The summed E-state index contributed by atoms with van der Waals surface area (Å²) < 4.78 is 0. The Labute approximate surface area is 312 Å². The first-order valence-electron chi connectivity index (χ1n) is 22.8. The largest absolute Gasteiger partial charge is 0.0654 e. The summed E-state index contributed by atoms with van der Waals surface area (Å²) in [6.45, 7) is 18.6. The molecule has 0 amide bonds. The molecule has 2 aliphatic carbocycles. The summed E-state index contributed by atoms with van der Waals surface area (Å²) in [6.07, 6.45) is 44.8. The summed E-state index contributed by atoms with van der Waals surface area (Å²) in [7, 11) is 0. The zero-order valence-corrected chi connectivity index (χ0v) is 35.5. The maximum atomic E-state index is 2.37. The lowest BCUT2D eigenvalue weighted by molar-refractivity contribution is 0.301. The van der Waals surface area contributed by atoms with Gasteiger partial charge in [-0.05, 0) is 48.0 Å². The molecule has 0 heterocycles.